The number of para-hydroxylation sites is 3. The van der Waals surface area contributed by atoms with Crippen LogP contribution in [0.5, 0.6) is 0 Å². The standard InChI is InChI=1S/C52H32N2OS/c1-3-16-34(17-4-1)48-49-41-24-14-25-42(53(36-19-5-2-6-20-36)43-26-13-23-39-38-21-10-12-28-47(38)56-52(39)43)51(41)54(37-30-29-33-15-7-8-18-35(33)31-37)44(49)32-46-50(48)40-22-9-11-27-45(40)55-46/h1-32H. The number of hydrogen-bond donors (Lipinski definition) is 0. The first kappa shape index (κ1) is 31.2. The van der Waals surface area contributed by atoms with Gasteiger partial charge in [-0.05, 0) is 64.9 Å². The lowest BCUT2D eigenvalue weighted by Crippen LogP contribution is -2.11. The van der Waals surface area contributed by atoms with E-state index in [-0.39, 0.29) is 0 Å². The van der Waals surface area contributed by atoms with Crippen LogP contribution in [0.2, 0.25) is 0 Å². The number of fused-ring (bicyclic) bond motifs is 10. The molecular weight excluding hydrogens is 701 g/mol. The molecule has 0 bridgehead atoms. The van der Waals surface area contributed by atoms with Crippen LogP contribution in [-0.4, -0.2) is 4.57 Å². The summed E-state index contributed by atoms with van der Waals surface area (Å²) >= 11 is 1.86. The highest BCUT2D eigenvalue weighted by Gasteiger charge is 2.27. The van der Waals surface area contributed by atoms with Crippen molar-refractivity contribution in [3.8, 4) is 16.8 Å². The maximum absolute atomic E-state index is 6.75. The lowest BCUT2D eigenvalue weighted by Gasteiger charge is -2.27. The third-order valence-electron chi connectivity index (χ3n) is 11.3. The largest absolute Gasteiger partial charge is 0.456 e. The van der Waals surface area contributed by atoms with Crippen molar-refractivity contribution in [3.05, 3.63) is 194 Å². The zero-order valence-corrected chi connectivity index (χ0v) is 31.0. The molecule has 0 aliphatic heterocycles. The number of rotatable bonds is 5. The maximum atomic E-state index is 6.75. The molecule has 56 heavy (non-hydrogen) atoms. The molecule has 0 atom stereocenters. The Hall–Kier alpha value is -7.14. The second-order valence-corrected chi connectivity index (χ2v) is 15.5. The molecule has 12 rings (SSSR count). The van der Waals surface area contributed by atoms with Crippen LogP contribution in [0.15, 0.2) is 199 Å². The Kier molecular flexibility index (Phi) is 6.80. The predicted molar refractivity (Wildman–Crippen MR) is 239 cm³/mol. The number of thiophene rings is 1. The average molecular weight is 733 g/mol. The van der Waals surface area contributed by atoms with E-state index >= 15 is 0 Å². The third kappa shape index (κ3) is 4.57. The molecule has 0 amide bonds. The molecule has 3 aromatic heterocycles. The lowest BCUT2D eigenvalue weighted by atomic mass is 9.94. The molecule has 0 saturated heterocycles. The van der Waals surface area contributed by atoms with E-state index in [1.165, 1.54) is 47.3 Å². The molecule has 0 spiro atoms. The summed E-state index contributed by atoms with van der Waals surface area (Å²) < 4.78 is 11.8. The van der Waals surface area contributed by atoms with Gasteiger partial charge in [-0.1, -0.05) is 140 Å². The molecular formula is C52H32N2OS. The number of benzene rings is 9. The van der Waals surface area contributed by atoms with Gasteiger partial charge in [-0.3, -0.25) is 0 Å². The minimum absolute atomic E-state index is 0.874. The number of anilines is 3. The molecule has 0 fully saturated rings. The number of hydrogen-bond acceptors (Lipinski definition) is 3. The van der Waals surface area contributed by atoms with E-state index < -0.39 is 0 Å². The Morgan fingerprint density at radius 1 is 0.464 bits per heavy atom. The Balaban J connectivity index is 1.28. The molecule has 3 nitrogen and oxygen atoms in total. The molecule has 9 aromatic carbocycles. The molecule has 262 valence electrons. The van der Waals surface area contributed by atoms with Crippen LogP contribution in [-0.2, 0) is 0 Å². The number of nitrogens with zero attached hydrogens (tertiary/aromatic N) is 2. The van der Waals surface area contributed by atoms with Gasteiger partial charge in [-0.2, -0.15) is 0 Å². The van der Waals surface area contributed by atoms with Crippen molar-refractivity contribution in [2.75, 3.05) is 4.90 Å². The second-order valence-electron chi connectivity index (χ2n) is 14.4. The molecule has 12 aromatic rings. The van der Waals surface area contributed by atoms with Crippen LogP contribution in [0, 0.1) is 0 Å². The van der Waals surface area contributed by atoms with Crippen LogP contribution in [0.4, 0.5) is 17.1 Å². The molecule has 0 N–H and O–H groups in total. The second kappa shape index (κ2) is 12.2. The quantitative estimate of drug-likeness (QED) is 0.176. The first-order valence-electron chi connectivity index (χ1n) is 19.0. The highest BCUT2D eigenvalue weighted by molar-refractivity contribution is 7.26. The van der Waals surface area contributed by atoms with Gasteiger partial charge in [0.05, 0.1) is 27.1 Å². The average Bonchev–Trinajstić information content (AvgIpc) is 3.94. The highest BCUT2D eigenvalue weighted by Crippen LogP contribution is 2.51. The van der Waals surface area contributed by atoms with Crippen molar-refractivity contribution in [2.45, 2.75) is 0 Å². The van der Waals surface area contributed by atoms with Gasteiger partial charge in [0.25, 0.3) is 0 Å². The Labute approximate surface area is 326 Å². The summed E-state index contributed by atoms with van der Waals surface area (Å²) in [5.74, 6) is 0. The molecule has 0 unspecified atom stereocenters. The maximum Gasteiger partial charge on any atom is 0.138 e. The van der Waals surface area contributed by atoms with Crippen molar-refractivity contribution < 1.29 is 4.42 Å². The summed E-state index contributed by atoms with van der Waals surface area (Å²) in [6, 6.07) is 70.2. The van der Waals surface area contributed by atoms with Gasteiger partial charge in [-0.25, -0.2) is 0 Å². The molecule has 3 heterocycles. The van der Waals surface area contributed by atoms with Gasteiger partial charge in [0.2, 0.25) is 0 Å². The van der Waals surface area contributed by atoms with E-state index in [0.717, 1.165) is 61.3 Å². The summed E-state index contributed by atoms with van der Waals surface area (Å²) in [5.41, 5.74) is 10.8. The molecule has 0 radical (unpaired) electrons. The van der Waals surface area contributed by atoms with Gasteiger partial charge in [0.1, 0.15) is 11.2 Å². The van der Waals surface area contributed by atoms with Crippen LogP contribution < -0.4 is 4.90 Å². The van der Waals surface area contributed by atoms with Crippen molar-refractivity contribution in [3.63, 3.8) is 0 Å². The molecule has 4 heteroatoms. The zero-order chi connectivity index (χ0) is 36.7. The predicted octanol–water partition coefficient (Wildman–Crippen LogP) is 15.3. The Morgan fingerprint density at radius 3 is 2.00 bits per heavy atom. The summed E-state index contributed by atoms with van der Waals surface area (Å²) in [7, 11) is 0. The van der Waals surface area contributed by atoms with Crippen LogP contribution >= 0.6 is 11.3 Å². The first-order valence-corrected chi connectivity index (χ1v) is 19.8. The minimum atomic E-state index is 0.874. The van der Waals surface area contributed by atoms with E-state index in [1.807, 2.05) is 11.3 Å². The fourth-order valence-corrected chi connectivity index (χ4v) is 10.2. The van der Waals surface area contributed by atoms with E-state index in [1.54, 1.807) is 0 Å². The first-order chi connectivity index (χ1) is 27.8. The summed E-state index contributed by atoms with van der Waals surface area (Å²) in [4.78, 5) is 2.47. The van der Waals surface area contributed by atoms with E-state index in [2.05, 4.69) is 204 Å². The van der Waals surface area contributed by atoms with Gasteiger partial charge >= 0.3 is 0 Å². The molecule has 0 aliphatic rings. The zero-order valence-electron chi connectivity index (χ0n) is 30.2. The highest BCUT2D eigenvalue weighted by atomic mass is 32.1. The Morgan fingerprint density at radius 2 is 1.14 bits per heavy atom. The van der Waals surface area contributed by atoms with Crippen LogP contribution in [0.3, 0.4) is 0 Å². The smallest absolute Gasteiger partial charge is 0.138 e. The van der Waals surface area contributed by atoms with Gasteiger partial charge < -0.3 is 13.9 Å². The summed E-state index contributed by atoms with van der Waals surface area (Å²) in [5, 5.41) is 9.60. The summed E-state index contributed by atoms with van der Waals surface area (Å²) in [6.45, 7) is 0. The van der Waals surface area contributed by atoms with Crippen molar-refractivity contribution in [1.82, 2.24) is 4.57 Å². The Bertz CT molecular complexity index is 3480. The fourth-order valence-electron chi connectivity index (χ4n) is 8.96. The number of aromatic nitrogens is 1. The van der Waals surface area contributed by atoms with E-state index in [0.29, 0.717) is 0 Å². The normalized spacial score (nSPS) is 11.9. The molecule has 0 saturated carbocycles. The SMILES string of the molecule is c1ccc(-c2c3c(cc4c2c2cccc(N(c5ccccc5)c5cccc6c5sc5ccccc56)c2n4-c2ccc4ccccc4c2)oc2ccccc23)cc1. The van der Waals surface area contributed by atoms with Crippen molar-refractivity contribution >= 4 is 103 Å². The van der Waals surface area contributed by atoms with Crippen LogP contribution in [0.1, 0.15) is 0 Å². The van der Waals surface area contributed by atoms with Gasteiger partial charge in [-0.15, -0.1) is 11.3 Å². The van der Waals surface area contributed by atoms with E-state index in [9.17, 15) is 0 Å². The number of furan rings is 1. The monoisotopic (exact) mass is 732 g/mol. The summed E-state index contributed by atoms with van der Waals surface area (Å²) in [6.07, 6.45) is 0. The van der Waals surface area contributed by atoms with Crippen molar-refractivity contribution in [2.24, 2.45) is 0 Å². The van der Waals surface area contributed by atoms with Gasteiger partial charge in [0.15, 0.2) is 0 Å². The fraction of sp³-hybridized carbons (Fsp3) is 0. The van der Waals surface area contributed by atoms with Crippen LogP contribution in [0.25, 0.3) is 91.5 Å². The lowest BCUT2D eigenvalue weighted by molar-refractivity contribution is 0.669. The third-order valence-corrected chi connectivity index (χ3v) is 12.5. The van der Waals surface area contributed by atoms with Crippen molar-refractivity contribution in [1.29, 1.82) is 0 Å². The van der Waals surface area contributed by atoms with Gasteiger partial charge in [0, 0.05) is 60.0 Å². The molecule has 0 aliphatic carbocycles. The topological polar surface area (TPSA) is 21.3 Å². The minimum Gasteiger partial charge on any atom is -0.456 e. The van der Waals surface area contributed by atoms with E-state index in [4.69, 9.17) is 4.42 Å².